The minimum atomic E-state index is -0.676. The van der Waals surface area contributed by atoms with Crippen LogP contribution in [-0.2, 0) is 9.53 Å². The van der Waals surface area contributed by atoms with Crippen LogP contribution in [0.4, 0.5) is 0 Å². The van der Waals surface area contributed by atoms with Gasteiger partial charge in [-0.25, -0.2) is 0 Å². The molecule has 0 aromatic heterocycles. The van der Waals surface area contributed by atoms with E-state index in [1.54, 1.807) is 7.11 Å². The van der Waals surface area contributed by atoms with Crippen molar-refractivity contribution < 1.29 is 14.6 Å². The van der Waals surface area contributed by atoms with E-state index in [1.165, 1.54) is 0 Å². The SMILES string of the molecule is COCC(C)N1C[C@@H](C)[C@H](C(=O)O)C1. The summed E-state index contributed by atoms with van der Waals surface area (Å²) in [5.74, 6) is -0.647. The lowest BCUT2D eigenvalue weighted by Gasteiger charge is -2.23. The fraction of sp³-hybridized carbons (Fsp3) is 0.900. The van der Waals surface area contributed by atoms with E-state index in [4.69, 9.17) is 9.84 Å². The molecule has 14 heavy (non-hydrogen) atoms. The van der Waals surface area contributed by atoms with Crippen molar-refractivity contribution in [3.8, 4) is 0 Å². The predicted molar refractivity (Wildman–Crippen MR) is 53.2 cm³/mol. The summed E-state index contributed by atoms with van der Waals surface area (Å²) < 4.78 is 5.06. The van der Waals surface area contributed by atoms with Gasteiger partial charge in [0.15, 0.2) is 0 Å². The number of methoxy groups -OCH3 is 1. The maximum absolute atomic E-state index is 10.9. The van der Waals surface area contributed by atoms with Crippen molar-refractivity contribution in [1.82, 2.24) is 4.90 Å². The minimum absolute atomic E-state index is 0.214. The minimum Gasteiger partial charge on any atom is -0.481 e. The van der Waals surface area contributed by atoms with Crippen molar-refractivity contribution in [1.29, 1.82) is 0 Å². The number of nitrogens with zero attached hydrogens (tertiary/aromatic N) is 1. The highest BCUT2D eigenvalue weighted by Gasteiger charge is 2.36. The van der Waals surface area contributed by atoms with Crippen LogP contribution in [0.1, 0.15) is 13.8 Å². The Morgan fingerprint density at radius 3 is 2.71 bits per heavy atom. The summed E-state index contributed by atoms with van der Waals surface area (Å²) in [6.45, 7) is 6.25. The second-order valence-electron chi connectivity index (χ2n) is 4.18. The molecule has 0 amide bonds. The molecule has 0 radical (unpaired) electrons. The summed E-state index contributed by atoms with van der Waals surface area (Å²) in [6, 6.07) is 0.312. The van der Waals surface area contributed by atoms with Crippen molar-refractivity contribution >= 4 is 5.97 Å². The molecule has 82 valence electrons. The van der Waals surface area contributed by atoms with E-state index in [2.05, 4.69) is 11.8 Å². The van der Waals surface area contributed by atoms with Gasteiger partial charge in [-0.05, 0) is 12.8 Å². The Morgan fingerprint density at radius 2 is 2.29 bits per heavy atom. The van der Waals surface area contributed by atoms with Gasteiger partial charge in [0, 0.05) is 26.2 Å². The summed E-state index contributed by atoms with van der Waals surface area (Å²) in [4.78, 5) is 13.1. The number of aliphatic carboxylic acids is 1. The molecule has 1 N–H and O–H groups in total. The van der Waals surface area contributed by atoms with Gasteiger partial charge in [-0.15, -0.1) is 0 Å². The Balaban J connectivity index is 2.49. The average Bonchev–Trinajstić information content (AvgIpc) is 2.48. The molecule has 0 bridgehead atoms. The van der Waals surface area contributed by atoms with Crippen molar-refractivity contribution in [2.45, 2.75) is 19.9 Å². The molecular weight excluding hydrogens is 182 g/mol. The van der Waals surface area contributed by atoms with Gasteiger partial charge in [0.1, 0.15) is 0 Å². The monoisotopic (exact) mass is 201 g/mol. The third kappa shape index (κ3) is 2.45. The van der Waals surface area contributed by atoms with Crippen LogP contribution >= 0.6 is 0 Å². The molecule has 1 aliphatic heterocycles. The first-order valence-electron chi connectivity index (χ1n) is 5.02. The highest BCUT2D eigenvalue weighted by Crippen LogP contribution is 2.24. The number of carbonyl (C=O) groups is 1. The quantitative estimate of drug-likeness (QED) is 0.726. The molecule has 1 saturated heterocycles. The van der Waals surface area contributed by atoms with Gasteiger partial charge in [0.25, 0.3) is 0 Å². The summed E-state index contributed by atoms with van der Waals surface area (Å²) in [6.07, 6.45) is 0. The van der Waals surface area contributed by atoms with Crippen LogP contribution < -0.4 is 0 Å². The summed E-state index contributed by atoms with van der Waals surface area (Å²) >= 11 is 0. The van der Waals surface area contributed by atoms with E-state index in [9.17, 15) is 4.79 Å². The third-order valence-corrected chi connectivity index (χ3v) is 2.99. The Hall–Kier alpha value is -0.610. The first kappa shape index (κ1) is 11.5. The zero-order chi connectivity index (χ0) is 10.7. The summed E-state index contributed by atoms with van der Waals surface area (Å²) in [5, 5.41) is 8.96. The highest BCUT2D eigenvalue weighted by atomic mass is 16.5. The zero-order valence-electron chi connectivity index (χ0n) is 9.06. The smallest absolute Gasteiger partial charge is 0.308 e. The predicted octanol–water partition coefficient (Wildman–Crippen LogP) is 0.674. The number of rotatable bonds is 4. The van der Waals surface area contributed by atoms with Gasteiger partial charge in [0.05, 0.1) is 12.5 Å². The van der Waals surface area contributed by atoms with Gasteiger partial charge < -0.3 is 9.84 Å². The molecular formula is C10H19NO3. The molecule has 1 rings (SSSR count). The first-order chi connectivity index (χ1) is 6.56. The van der Waals surface area contributed by atoms with Gasteiger partial charge >= 0.3 is 5.97 Å². The molecule has 3 atom stereocenters. The van der Waals surface area contributed by atoms with Crippen molar-refractivity contribution in [2.75, 3.05) is 26.8 Å². The maximum Gasteiger partial charge on any atom is 0.308 e. The lowest BCUT2D eigenvalue weighted by molar-refractivity contribution is -0.142. The lowest BCUT2D eigenvalue weighted by atomic mass is 9.99. The van der Waals surface area contributed by atoms with E-state index in [0.29, 0.717) is 19.2 Å². The van der Waals surface area contributed by atoms with E-state index < -0.39 is 5.97 Å². The van der Waals surface area contributed by atoms with Crippen molar-refractivity contribution in [3.05, 3.63) is 0 Å². The lowest BCUT2D eigenvalue weighted by Crippen LogP contribution is -2.35. The summed E-state index contributed by atoms with van der Waals surface area (Å²) in [7, 11) is 1.67. The van der Waals surface area contributed by atoms with Crippen LogP contribution in [0.3, 0.4) is 0 Å². The van der Waals surface area contributed by atoms with Crippen LogP contribution in [0.15, 0.2) is 0 Å². The van der Waals surface area contributed by atoms with Crippen molar-refractivity contribution in [2.24, 2.45) is 11.8 Å². The third-order valence-electron chi connectivity index (χ3n) is 2.99. The Bertz CT molecular complexity index is 208. The molecule has 0 saturated carbocycles. The van der Waals surface area contributed by atoms with Crippen LogP contribution in [0.25, 0.3) is 0 Å². The van der Waals surface area contributed by atoms with Gasteiger partial charge in [-0.1, -0.05) is 6.92 Å². The zero-order valence-corrected chi connectivity index (χ0v) is 9.06. The average molecular weight is 201 g/mol. The molecule has 0 spiro atoms. The number of likely N-dealkylation sites (tertiary alicyclic amines) is 1. The molecule has 1 unspecified atom stereocenters. The first-order valence-corrected chi connectivity index (χ1v) is 5.02. The van der Waals surface area contributed by atoms with Crippen molar-refractivity contribution in [3.63, 3.8) is 0 Å². The number of hydrogen-bond donors (Lipinski definition) is 1. The molecule has 1 fully saturated rings. The Kier molecular flexibility index (Phi) is 3.89. The van der Waals surface area contributed by atoms with Crippen LogP contribution in [0, 0.1) is 11.8 Å². The molecule has 1 aliphatic rings. The second kappa shape index (κ2) is 4.75. The van der Waals surface area contributed by atoms with Crippen LogP contribution in [0.2, 0.25) is 0 Å². The fourth-order valence-corrected chi connectivity index (χ4v) is 2.03. The van der Waals surface area contributed by atoms with E-state index in [0.717, 1.165) is 6.54 Å². The second-order valence-corrected chi connectivity index (χ2v) is 4.18. The van der Waals surface area contributed by atoms with Gasteiger partial charge in [0.2, 0.25) is 0 Å². The molecule has 0 aromatic rings. The molecule has 4 heteroatoms. The Labute approximate surface area is 84.8 Å². The number of carboxylic acid groups (broad SMARTS) is 1. The van der Waals surface area contributed by atoms with Crippen LogP contribution in [-0.4, -0.2) is 48.8 Å². The van der Waals surface area contributed by atoms with E-state index in [-0.39, 0.29) is 11.8 Å². The number of carboxylic acids is 1. The number of ether oxygens (including phenoxy) is 1. The fourth-order valence-electron chi connectivity index (χ4n) is 2.03. The topological polar surface area (TPSA) is 49.8 Å². The summed E-state index contributed by atoms with van der Waals surface area (Å²) in [5.41, 5.74) is 0. The normalized spacial score (nSPS) is 30.5. The largest absolute Gasteiger partial charge is 0.481 e. The Morgan fingerprint density at radius 1 is 1.64 bits per heavy atom. The standard InChI is InChI=1S/C10H19NO3/c1-7-4-11(8(2)6-14-3)5-9(7)10(12)13/h7-9H,4-6H2,1-3H3,(H,12,13)/t7-,8?,9-/m1/s1. The molecule has 0 aliphatic carbocycles. The highest BCUT2D eigenvalue weighted by molar-refractivity contribution is 5.71. The molecule has 0 aromatic carbocycles. The van der Waals surface area contributed by atoms with Gasteiger partial charge in [-0.3, -0.25) is 9.69 Å². The van der Waals surface area contributed by atoms with E-state index >= 15 is 0 Å². The van der Waals surface area contributed by atoms with Gasteiger partial charge in [-0.2, -0.15) is 0 Å². The molecule has 1 heterocycles. The number of hydrogen-bond acceptors (Lipinski definition) is 3. The maximum atomic E-state index is 10.9. The van der Waals surface area contributed by atoms with Crippen LogP contribution in [0.5, 0.6) is 0 Å². The molecule has 4 nitrogen and oxygen atoms in total. The van der Waals surface area contributed by atoms with E-state index in [1.807, 2.05) is 6.92 Å².